The summed E-state index contributed by atoms with van der Waals surface area (Å²) in [7, 11) is 0. The van der Waals surface area contributed by atoms with Crippen LogP contribution in [0.25, 0.3) is 5.69 Å². The van der Waals surface area contributed by atoms with Crippen molar-refractivity contribution >= 4 is 0 Å². The first-order chi connectivity index (χ1) is 9.86. The molecule has 4 nitrogen and oxygen atoms in total. The molecule has 0 saturated carbocycles. The fourth-order valence-electron chi connectivity index (χ4n) is 2.97. The van der Waals surface area contributed by atoms with E-state index in [-0.39, 0.29) is 0 Å². The van der Waals surface area contributed by atoms with E-state index in [1.807, 2.05) is 24.5 Å². The first kappa shape index (κ1) is 13.3. The number of nitrogens with zero attached hydrogens (tertiary/aromatic N) is 3. The molecule has 3 heterocycles. The van der Waals surface area contributed by atoms with Crippen molar-refractivity contribution in [1.82, 2.24) is 14.5 Å². The average molecular weight is 271 g/mol. The van der Waals surface area contributed by atoms with Crippen LogP contribution in [0.1, 0.15) is 18.5 Å². The van der Waals surface area contributed by atoms with Crippen LogP contribution in [0, 0.1) is 5.92 Å². The highest BCUT2D eigenvalue weighted by Gasteiger charge is 2.20. The molecule has 1 atom stereocenters. The smallest absolute Gasteiger partial charge is 0.0483 e. The van der Waals surface area contributed by atoms with E-state index in [0.29, 0.717) is 12.5 Å². The normalized spacial score (nSPS) is 20.1. The number of piperidine rings is 1. The number of hydrogen-bond donors (Lipinski definition) is 1. The molecule has 1 aliphatic rings. The van der Waals surface area contributed by atoms with E-state index in [9.17, 15) is 5.11 Å². The minimum absolute atomic E-state index is 0.307. The van der Waals surface area contributed by atoms with Crippen molar-refractivity contribution in [3.8, 4) is 5.69 Å². The fraction of sp³-hybridized carbons (Fsp3) is 0.438. The number of hydrogen-bond acceptors (Lipinski definition) is 3. The predicted molar refractivity (Wildman–Crippen MR) is 78.7 cm³/mol. The summed E-state index contributed by atoms with van der Waals surface area (Å²) < 4.78 is 2.21. The van der Waals surface area contributed by atoms with Crippen molar-refractivity contribution in [2.24, 2.45) is 5.92 Å². The van der Waals surface area contributed by atoms with Gasteiger partial charge in [-0.15, -0.1) is 0 Å². The average Bonchev–Trinajstić information content (AvgIpc) is 2.96. The summed E-state index contributed by atoms with van der Waals surface area (Å²) in [5.41, 5.74) is 2.44. The Hall–Kier alpha value is -1.65. The molecule has 20 heavy (non-hydrogen) atoms. The van der Waals surface area contributed by atoms with Gasteiger partial charge in [-0.1, -0.05) is 0 Å². The van der Waals surface area contributed by atoms with E-state index in [2.05, 4.69) is 32.8 Å². The van der Waals surface area contributed by atoms with Crippen LogP contribution in [0.4, 0.5) is 0 Å². The molecule has 3 rings (SSSR count). The molecular formula is C16H21N3O. The molecule has 0 spiro atoms. The lowest BCUT2D eigenvalue weighted by Gasteiger charge is -2.31. The third-order valence-corrected chi connectivity index (χ3v) is 4.02. The van der Waals surface area contributed by atoms with Crippen molar-refractivity contribution < 1.29 is 5.11 Å². The predicted octanol–water partition coefficient (Wildman–Crippen LogP) is 2.08. The van der Waals surface area contributed by atoms with Gasteiger partial charge < -0.3 is 9.67 Å². The Labute approximate surface area is 119 Å². The Balaban J connectivity index is 1.74. The maximum absolute atomic E-state index is 9.33. The number of likely N-dealkylation sites (tertiary alicyclic amines) is 1. The van der Waals surface area contributed by atoms with E-state index in [1.165, 1.54) is 12.1 Å². The molecule has 1 aliphatic heterocycles. The SMILES string of the molecule is OCC1CCCN(Cc2cccn2-c2ccncc2)C1. The van der Waals surface area contributed by atoms with E-state index < -0.39 is 0 Å². The van der Waals surface area contributed by atoms with Crippen LogP contribution in [-0.2, 0) is 6.54 Å². The molecule has 2 aromatic rings. The second kappa shape index (κ2) is 6.20. The molecule has 106 valence electrons. The highest BCUT2D eigenvalue weighted by atomic mass is 16.3. The summed E-state index contributed by atoms with van der Waals surface area (Å²) >= 11 is 0. The standard InChI is InChI=1S/C16H21N3O/c20-13-14-3-1-9-18(11-14)12-16-4-2-10-19(16)15-5-7-17-8-6-15/h2,4-8,10,14,20H,1,3,9,11-13H2. The van der Waals surface area contributed by atoms with Crippen LogP contribution in [0.15, 0.2) is 42.9 Å². The Bertz CT molecular complexity index is 538. The summed E-state index contributed by atoms with van der Waals surface area (Å²) in [6.07, 6.45) is 8.07. The Morgan fingerprint density at radius 2 is 2.10 bits per heavy atom. The van der Waals surface area contributed by atoms with Crippen LogP contribution >= 0.6 is 0 Å². The van der Waals surface area contributed by atoms with Gasteiger partial charge in [0.1, 0.15) is 0 Å². The van der Waals surface area contributed by atoms with Gasteiger partial charge in [0.05, 0.1) is 0 Å². The molecule has 2 aromatic heterocycles. The van der Waals surface area contributed by atoms with Crippen molar-refractivity contribution in [2.75, 3.05) is 19.7 Å². The van der Waals surface area contributed by atoms with Crippen molar-refractivity contribution in [3.63, 3.8) is 0 Å². The molecule has 1 unspecified atom stereocenters. The van der Waals surface area contributed by atoms with E-state index in [0.717, 1.165) is 31.7 Å². The van der Waals surface area contributed by atoms with Gasteiger partial charge in [-0.2, -0.15) is 0 Å². The molecule has 4 heteroatoms. The lowest BCUT2D eigenvalue weighted by Crippen LogP contribution is -2.36. The maximum atomic E-state index is 9.33. The quantitative estimate of drug-likeness (QED) is 0.925. The van der Waals surface area contributed by atoms with Gasteiger partial charge in [0.15, 0.2) is 0 Å². The van der Waals surface area contributed by atoms with Crippen molar-refractivity contribution in [2.45, 2.75) is 19.4 Å². The number of pyridine rings is 1. The van der Waals surface area contributed by atoms with E-state index in [1.54, 1.807) is 0 Å². The van der Waals surface area contributed by atoms with Crippen LogP contribution in [0.5, 0.6) is 0 Å². The summed E-state index contributed by atoms with van der Waals surface area (Å²) in [6, 6.07) is 8.30. The van der Waals surface area contributed by atoms with Gasteiger partial charge in [0, 0.05) is 49.7 Å². The molecule has 0 aromatic carbocycles. The molecule has 1 N–H and O–H groups in total. The lowest BCUT2D eigenvalue weighted by atomic mass is 9.99. The first-order valence-corrected chi connectivity index (χ1v) is 7.26. The molecule has 0 aliphatic carbocycles. The maximum Gasteiger partial charge on any atom is 0.0483 e. The number of rotatable bonds is 4. The van der Waals surface area contributed by atoms with E-state index >= 15 is 0 Å². The number of aliphatic hydroxyl groups excluding tert-OH is 1. The molecule has 1 fully saturated rings. The zero-order chi connectivity index (χ0) is 13.8. The molecule has 0 bridgehead atoms. The van der Waals surface area contributed by atoms with Crippen molar-refractivity contribution in [1.29, 1.82) is 0 Å². The van der Waals surface area contributed by atoms with Gasteiger partial charge in [-0.05, 0) is 49.6 Å². The minimum Gasteiger partial charge on any atom is -0.396 e. The lowest BCUT2D eigenvalue weighted by molar-refractivity contribution is 0.114. The third-order valence-electron chi connectivity index (χ3n) is 4.02. The summed E-state index contributed by atoms with van der Waals surface area (Å²) in [5, 5.41) is 9.33. The molecule has 0 radical (unpaired) electrons. The summed E-state index contributed by atoms with van der Waals surface area (Å²) in [4.78, 5) is 6.51. The highest BCUT2D eigenvalue weighted by Crippen LogP contribution is 2.19. The van der Waals surface area contributed by atoms with Crippen LogP contribution in [0.2, 0.25) is 0 Å². The Morgan fingerprint density at radius 1 is 1.25 bits per heavy atom. The second-order valence-electron chi connectivity index (χ2n) is 5.50. The van der Waals surface area contributed by atoms with Gasteiger partial charge in [0.2, 0.25) is 0 Å². The van der Waals surface area contributed by atoms with Gasteiger partial charge >= 0.3 is 0 Å². The van der Waals surface area contributed by atoms with Crippen LogP contribution in [-0.4, -0.2) is 39.3 Å². The second-order valence-corrected chi connectivity index (χ2v) is 5.50. The van der Waals surface area contributed by atoms with Gasteiger partial charge in [-0.25, -0.2) is 0 Å². The largest absolute Gasteiger partial charge is 0.396 e. The highest BCUT2D eigenvalue weighted by molar-refractivity contribution is 5.32. The van der Waals surface area contributed by atoms with Gasteiger partial charge in [-0.3, -0.25) is 9.88 Å². The zero-order valence-corrected chi connectivity index (χ0v) is 11.7. The third kappa shape index (κ3) is 2.92. The number of aromatic nitrogens is 2. The van der Waals surface area contributed by atoms with E-state index in [4.69, 9.17) is 0 Å². The molecular weight excluding hydrogens is 250 g/mol. The van der Waals surface area contributed by atoms with Crippen molar-refractivity contribution in [3.05, 3.63) is 48.5 Å². The Morgan fingerprint density at radius 3 is 2.90 bits per heavy atom. The first-order valence-electron chi connectivity index (χ1n) is 7.26. The summed E-state index contributed by atoms with van der Waals surface area (Å²) in [6.45, 7) is 3.36. The molecule has 1 saturated heterocycles. The topological polar surface area (TPSA) is 41.3 Å². The number of aliphatic hydroxyl groups is 1. The van der Waals surface area contributed by atoms with Gasteiger partial charge in [0.25, 0.3) is 0 Å². The monoisotopic (exact) mass is 271 g/mol. The Kier molecular flexibility index (Phi) is 4.14. The molecule has 0 amide bonds. The van der Waals surface area contributed by atoms with Crippen LogP contribution in [0.3, 0.4) is 0 Å². The zero-order valence-electron chi connectivity index (χ0n) is 11.7. The van der Waals surface area contributed by atoms with Crippen LogP contribution < -0.4 is 0 Å². The minimum atomic E-state index is 0.307. The fourth-order valence-corrected chi connectivity index (χ4v) is 2.97. The summed E-state index contributed by atoms with van der Waals surface area (Å²) in [5.74, 6) is 0.438.